The van der Waals surface area contributed by atoms with Crippen LogP contribution in [0.15, 0.2) is 48.5 Å². The van der Waals surface area contributed by atoms with Crippen LogP contribution in [-0.4, -0.2) is 25.0 Å². The molecule has 2 amide bonds. The number of nitrogens with one attached hydrogen (secondary N) is 2. The molecule has 29 heavy (non-hydrogen) atoms. The Hall–Kier alpha value is -2.82. The van der Waals surface area contributed by atoms with Gasteiger partial charge in [-0.05, 0) is 43.2 Å². The number of hydrogen-bond donors (Lipinski definition) is 2. The quantitative estimate of drug-likeness (QED) is 0.470. The van der Waals surface area contributed by atoms with Crippen LogP contribution < -0.4 is 15.4 Å². The molecule has 0 aliphatic heterocycles. The van der Waals surface area contributed by atoms with E-state index >= 15 is 0 Å². The molecule has 0 bridgehead atoms. The summed E-state index contributed by atoms with van der Waals surface area (Å²) in [7, 11) is 0. The van der Waals surface area contributed by atoms with Crippen molar-refractivity contribution in [1.29, 1.82) is 0 Å². The Labute approximate surface area is 173 Å². The molecule has 2 rings (SSSR count). The zero-order chi connectivity index (χ0) is 20.9. The van der Waals surface area contributed by atoms with Crippen LogP contribution in [0.4, 0.5) is 5.69 Å². The molecule has 0 spiro atoms. The van der Waals surface area contributed by atoms with Crippen molar-refractivity contribution in [2.45, 2.75) is 52.4 Å². The molecule has 0 aliphatic rings. The second kappa shape index (κ2) is 12.6. The average molecular weight is 397 g/mol. The molecule has 0 saturated heterocycles. The third-order valence-electron chi connectivity index (χ3n) is 4.59. The first-order valence-corrected chi connectivity index (χ1v) is 10.6. The number of hydrogen-bond acceptors (Lipinski definition) is 3. The van der Waals surface area contributed by atoms with Crippen LogP contribution in [0.2, 0.25) is 0 Å². The first-order valence-electron chi connectivity index (χ1n) is 10.6. The number of carbonyl (C=O) groups excluding carboxylic acids is 2. The highest BCUT2D eigenvalue weighted by atomic mass is 16.5. The highest BCUT2D eigenvalue weighted by Gasteiger charge is 2.13. The van der Waals surface area contributed by atoms with Gasteiger partial charge in [0.1, 0.15) is 5.75 Å². The Balaban J connectivity index is 1.99. The summed E-state index contributed by atoms with van der Waals surface area (Å²) < 4.78 is 5.83. The zero-order valence-electron chi connectivity index (χ0n) is 17.5. The first kappa shape index (κ1) is 22.5. The number of carbonyl (C=O) groups is 2. The third-order valence-corrected chi connectivity index (χ3v) is 4.59. The lowest BCUT2D eigenvalue weighted by molar-refractivity contribution is 0.0951. The van der Waals surface area contributed by atoms with Crippen molar-refractivity contribution in [3.05, 3.63) is 59.7 Å². The minimum Gasteiger partial charge on any atom is -0.493 e. The summed E-state index contributed by atoms with van der Waals surface area (Å²) >= 11 is 0. The van der Waals surface area contributed by atoms with Gasteiger partial charge in [-0.2, -0.15) is 0 Å². The van der Waals surface area contributed by atoms with Gasteiger partial charge in [0.05, 0.1) is 12.2 Å². The van der Waals surface area contributed by atoms with Gasteiger partial charge in [0.2, 0.25) is 0 Å². The minimum atomic E-state index is -0.252. The molecule has 0 aromatic heterocycles. The molecule has 156 valence electrons. The molecular formula is C24H32N2O3. The summed E-state index contributed by atoms with van der Waals surface area (Å²) in [6, 6.07) is 14.2. The summed E-state index contributed by atoms with van der Waals surface area (Å²) in [5, 5.41) is 5.76. The van der Waals surface area contributed by atoms with Gasteiger partial charge in [0.25, 0.3) is 11.8 Å². The van der Waals surface area contributed by atoms with Crippen LogP contribution in [0.3, 0.4) is 0 Å². The van der Waals surface area contributed by atoms with Gasteiger partial charge in [0.15, 0.2) is 0 Å². The van der Waals surface area contributed by atoms with E-state index in [-0.39, 0.29) is 11.8 Å². The largest absolute Gasteiger partial charge is 0.493 e. The van der Waals surface area contributed by atoms with E-state index in [0.717, 1.165) is 25.7 Å². The monoisotopic (exact) mass is 396 g/mol. The molecule has 0 aliphatic carbocycles. The molecule has 0 atom stereocenters. The molecule has 2 N–H and O–H groups in total. The van der Waals surface area contributed by atoms with Gasteiger partial charge in [-0.1, -0.05) is 57.7 Å². The number of amides is 2. The number of benzene rings is 2. The number of anilines is 1. The van der Waals surface area contributed by atoms with Crippen molar-refractivity contribution in [3.63, 3.8) is 0 Å². The molecule has 0 heterocycles. The van der Waals surface area contributed by atoms with Crippen molar-refractivity contribution >= 4 is 17.5 Å². The average Bonchev–Trinajstić information content (AvgIpc) is 2.74. The van der Waals surface area contributed by atoms with Gasteiger partial charge >= 0.3 is 0 Å². The van der Waals surface area contributed by atoms with E-state index in [1.54, 1.807) is 30.3 Å². The Morgan fingerprint density at radius 1 is 0.862 bits per heavy atom. The maximum atomic E-state index is 12.8. The van der Waals surface area contributed by atoms with Crippen LogP contribution in [0.5, 0.6) is 5.75 Å². The normalized spacial score (nSPS) is 10.4. The second-order valence-corrected chi connectivity index (χ2v) is 7.05. The maximum Gasteiger partial charge on any atom is 0.259 e. The van der Waals surface area contributed by atoms with E-state index in [0.29, 0.717) is 35.7 Å². The molecule has 5 heteroatoms. The fourth-order valence-corrected chi connectivity index (χ4v) is 2.91. The third kappa shape index (κ3) is 7.60. The van der Waals surface area contributed by atoms with Crippen molar-refractivity contribution in [1.82, 2.24) is 5.32 Å². The summed E-state index contributed by atoms with van der Waals surface area (Å²) in [4.78, 5) is 25.0. The minimum absolute atomic E-state index is 0.134. The molecular weight excluding hydrogens is 364 g/mol. The van der Waals surface area contributed by atoms with Gasteiger partial charge in [-0.25, -0.2) is 0 Å². The van der Waals surface area contributed by atoms with E-state index in [4.69, 9.17) is 4.74 Å². The lowest BCUT2D eigenvalue weighted by Crippen LogP contribution is -2.24. The molecule has 5 nitrogen and oxygen atoms in total. The van der Waals surface area contributed by atoms with Crippen LogP contribution >= 0.6 is 0 Å². The molecule has 0 unspecified atom stereocenters. The number of unbranched alkanes of at least 4 members (excludes halogenated alkanes) is 4. The number of para-hydroxylation sites is 1. The lowest BCUT2D eigenvalue weighted by Gasteiger charge is -2.12. The van der Waals surface area contributed by atoms with E-state index < -0.39 is 0 Å². The topological polar surface area (TPSA) is 67.4 Å². The van der Waals surface area contributed by atoms with Gasteiger partial charge in [0, 0.05) is 17.8 Å². The summed E-state index contributed by atoms with van der Waals surface area (Å²) in [6.45, 7) is 5.49. The highest BCUT2D eigenvalue weighted by molar-refractivity contribution is 6.06. The number of ether oxygens (including phenoxy) is 1. The van der Waals surface area contributed by atoms with E-state index in [1.807, 2.05) is 18.2 Å². The Morgan fingerprint density at radius 3 is 2.45 bits per heavy atom. The van der Waals surface area contributed by atoms with Gasteiger partial charge in [-0.3, -0.25) is 9.59 Å². The molecule has 0 radical (unpaired) electrons. The Bertz CT molecular complexity index is 789. The smallest absolute Gasteiger partial charge is 0.259 e. The van der Waals surface area contributed by atoms with Crippen molar-refractivity contribution < 1.29 is 14.3 Å². The van der Waals surface area contributed by atoms with Gasteiger partial charge in [-0.15, -0.1) is 0 Å². The summed E-state index contributed by atoms with van der Waals surface area (Å²) in [5.74, 6) is 0.193. The Kier molecular flexibility index (Phi) is 9.76. The van der Waals surface area contributed by atoms with Crippen LogP contribution in [0, 0.1) is 0 Å². The molecule has 0 fully saturated rings. The predicted molar refractivity (Wildman–Crippen MR) is 118 cm³/mol. The standard InChI is InChI=1S/C24H32N2O3/c1-3-5-7-10-17-29-22-15-9-8-14-21(22)24(28)26-20-13-11-12-19(18-20)23(27)25-16-6-4-2/h8-9,11-15,18H,3-7,10,16-17H2,1-2H3,(H,25,27)(H,26,28). The van der Waals surface area contributed by atoms with Crippen LogP contribution in [0.25, 0.3) is 0 Å². The SMILES string of the molecule is CCCCCCOc1ccccc1C(=O)Nc1cccc(C(=O)NCCCC)c1. The van der Waals surface area contributed by atoms with Crippen LogP contribution in [-0.2, 0) is 0 Å². The molecule has 0 saturated carbocycles. The Morgan fingerprint density at radius 2 is 1.66 bits per heavy atom. The predicted octanol–water partition coefficient (Wildman–Crippen LogP) is 5.43. The lowest BCUT2D eigenvalue weighted by atomic mass is 10.1. The van der Waals surface area contributed by atoms with Crippen LogP contribution in [0.1, 0.15) is 73.1 Å². The van der Waals surface area contributed by atoms with Gasteiger partial charge < -0.3 is 15.4 Å². The zero-order valence-corrected chi connectivity index (χ0v) is 17.5. The number of rotatable bonds is 12. The molecule has 2 aromatic rings. The van der Waals surface area contributed by atoms with Crippen molar-refractivity contribution in [2.24, 2.45) is 0 Å². The fraction of sp³-hybridized carbons (Fsp3) is 0.417. The van der Waals surface area contributed by atoms with Crippen molar-refractivity contribution in [3.8, 4) is 5.75 Å². The first-order chi connectivity index (χ1) is 14.2. The van der Waals surface area contributed by atoms with E-state index in [9.17, 15) is 9.59 Å². The fourth-order valence-electron chi connectivity index (χ4n) is 2.91. The molecule has 2 aromatic carbocycles. The highest BCUT2D eigenvalue weighted by Crippen LogP contribution is 2.21. The second-order valence-electron chi connectivity index (χ2n) is 7.05. The van der Waals surface area contributed by atoms with E-state index in [1.165, 1.54) is 12.8 Å². The summed E-state index contributed by atoms with van der Waals surface area (Å²) in [6.07, 6.45) is 6.42. The van der Waals surface area contributed by atoms with Crippen molar-refractivity contribution in [2.75, 3.05) is 18.5 Å². The maximum absolute atomic E-state index is 12.8. The van der Waals surface area contributed by atoms with E-state index in [2.05, 4.69) is 24.5 Å². The summed E-state index contributed by atoms with van der Waals surface area (Å²) in [5.41, 5.74) is 1.59.